The van der Waals surface area contributed by atoms with Crippen molar-refractivity contribution < 1.29 is 18.4 Å². The molecule has 10 nitrogen and oxygen atoms in total. The maximum atomic E-state index is 13.9. The van der Waals surface area contributed by atoms with Crippen LogP contribution < -0.4 is 21.7 Å². The molecule has 0 unspecified atom stereocenters. The number of carbonyl (C=O) groups is 2. The number of halogens is 5. The van der Waals surface area contributed by atoms with E-state index in [-0.39, 0.29) is 44.2 Å². The van der Waals surface area contributed by atoms with Crippen molar-refractivity contribution in [3.8, 4) is 12.1 Å². The number of nitrogens with two attached hydrogens (primary N) is 1. The second-order valence-electron chi connectivity index (χ2n) is 8.69. The Hall–Kier alpha value is -5.01. The molecule has 2 aromatic carbocycles. The first-order chi connectivity index (χ1) is 20.5. The highest BCUT2D eigenvalue weighted by atomic mass is 35.5. The van der Waals surface area contributed by atoms with E-state index >= 15 is 0 Å². The molecular weight excluding hydrogens is 625 g/mol. The summed E-state index contributed by atoms with van der Waals surface area (Å²) < 4.78 is 26.5. The maximum absolute atomic E-state index is 13.9. The number of fused-ring (bicyclic) bond motifs is 2. The van der Waals surface area contributed by atoms with E-state index in [0.29, 0.717) is 35.6 Å². The fraction of sp³-hybridized carbons (Fsp3) is 0.0714. The summed E-state index contributed by atoms with van der Waals surface area (Å²) in [5.74, 6) is -1.88. The highest BCUT2D eigenvalue weighted by Crippen LogP contribution is 2.29. The number of aromatic nitrogens is 2. The quantitative estimate of drug-likeness (QED) is 0.161. The van der Waals surface area contributed by atoms with E-state index in [9.17, 15) is 18.4 Å². The molecule has 2 amide bonds. The minimum atomic E-state index is -0.743. The smallest absolute Gasteiger partial charge is 0.254 e. The summed E-state index contributed by atoms with van der Waals surface area (Å²) in [4.78, 5) is 30.1. The molecule has 2 aliphatic rings. The van der Waals surface area contributed by atoms with Gasteiger partial charge in [-0.25, -0.2) is 18.7 Å². The van der Waals surface area contributed by atoms with Gasteiger partial charge in [-0.05, 0) is 35.4 Å². The van der Waals surface area contributed by atoms with Crippen LogP contribution in [0.4, 0.5) is 26.0 Å². The number of nitriles is 2. The number of amides is 2. The minimum Gasteiger partial charge on any atom is -0.398 e. The molecule has 0 spiro atoms. The highest BCUT2D eigenvalue weighted by molar-refractivity contribution is 6.33. The molecule has 4 aromatic rings. The Morgan fingerprint density at radius 3 is 1.93 bits per heavy atom. The molecule has 43 heavy (non-hydrogen) atoms. The third-order valence-electron chi connectivity index (χ3n) is 5.98. The van der Waals surface area contributed by atoms with E-state index < -0.39 is 11.6 Å². The van der Waals surface area contributed by atoms with Crippen LogP contribution in [0, 0.1) is 34.3 Å². The van der Waals surface area contributed by atoms with Gasteiger partial charge in [-0.3, -0.25) is 9.59 Å². The lowest BCUT2D eigenvalue weighted by Crippen LogP contribution is -2.13. The fourth-order valence-electron chi connectivity index (χ4n) is 3.98. The molecule has 0 bridgehead atoms. The molecule has 4 heterocycles. The van der Waals surface area contributed by atoms with Crippen LogP contribution in [0.3, 0.4) is 0 Å². The van der Waals surface area contributed by atoms with Crippen LogP contribution in [0.5, 0.6) is 0 Å². The molecule has 0 radical (unpaired) electrons. The van der Waals surface area contributed by atoms with Crippen molar-refractivity contribution in [2.75, 3.05) is 11.1 Å². The van der Waals surface area contributed by atoms with Crippen molar-refractivity contribution in [2.45, 2.75) is 13.1 Å². The molecule has 0 saturated carbocycles. The fourth-order valence-corrected chi connectivity index (χ4v) is 4.52. The van der Waals surface area contributed by atoms with Gasteiger partial charge in [0.05, 0.1) is 27.9 Å². The van der Waals surface area contributed by atoms with Crippen LogP contribution in [0.2, 0.25) is 15.5 Å². The van der Waals surface area contributed by atoms with Gasteiger partial charge in [0.25, 0.3) is 11.8 Å². The van der Waals surface area contributed by atoms with Crippen molar-refractivity contribution in [3.63, 3.8) is 0 Å². The molecule has 15 heteroatoms. The number of nitrogens with one attached hydrogen (secondary N) is 3. The Balaban J connectivity index is 0.000000162. The largest absolute Gasteiger partial charge is 0.398 e. The van der Waals surface area contributed by atoms with Gasteiger partial charge in [0, 0.05) is 18.8 Å². The number of nitrogen functional groups attached to an aromatic ring is 1. The van der Waals surface area contributed by atoms with Gasteiger partial charge in [0.15, 0.2) is 22.6 Å². The minimum absolute atomic E-state index is 0.0198. The van der Waals surface area contributed by atoms with Gasteiger partial charge in [-0.2, -0.15) is 10.5 Å². The lowest BCUT2D eigenvalue weighted by atomic mass is 10.1. The van der Waals surface area contributed by atoms with Crippen LogP contribution in [0.15, 0.2) is 48.5 Å². The number of anilines is 3. The molecular formula is C28H17Cl3F2N8O2. The predicted octanol–water partition coefficient (Wildman–Crippen LogP) is 5.64. The molecule has 0 aliphatic carbocycles. The van der Waals surface area contributed by atoms with Crippen LogP contribution in [0.25, 0.3) is 0 Å². The summed E-state index contributed by atoms with van der Waals surface area (Å²) in [5, 5.41) is 24.8. The molecule has 2 aromatic heterocycles. The molecule has 216 valence electrons. The maximum Gasteiger partial charge on any atom is 0.254 e. The van der Waals surface area contributed by atoms with Crippen LogP contribution >= 0.6 is 34.8 Å². The first-order valence-electron chi connectivity index (χ1n) is 12.0. The monoisotopic (exact) mass is 640 g/mol. The number of hydrogen-bond donors (Lipinski definition) is 4. The molecule has 0 atom stereocenters. The van der Waals surface area contributed by atoms with E-state index in [2.05, 4.69) is 25.9 Å². The van der Waals surface area contributed by atoms with E-state index in [0.717, 1.165) is 23.3 Å². The standard InChI is InChI=1S/C14H8ClFN4O.C8H8N2O.C6HCl2FN2/c15-12-8(5-17)4-9(16)13(20-12)19-10-3-1-2-7-6-18-14(21)11(7)10;9-6-3-1-2-5-4-10-8(11)7(5)6;7-5-3(2-10)1-4(9)6(8)11-5/h1-4H,6H2,(H,18,21)(H,19,20);1-3H,4,9H2,(H,10,11);1H. The molecule has 6 rings (SSSR count). The summed E-state index contributed by atoms with van der Waals surface area (Å²) in [7, 11) is 0. The average molecular weight is 642 g/mol. The Bertz CT molecular complexity index is 1860. The second kappa shape index (κ2) is 13.3. The van der Waals surface area contributed by atoms with E-state index in [1.165, 1.54) is 0 Å². The Kier molecular flexibility index (Phi) is 9.58. The van der Waals surface area contributed by atoms with E-state index in [4.69, 9.17) is 51.1 Å². The zero-order valence-electron chi connectivity index (χ0n) is 21.6. The summed E-state index contributed by atoms with van der Waals surface area (Å²) in [6.07, 6.45) is 0. The Morgan fingerprint density at radius 2 is 1.33 bits per heavy atom. The third-order valence-corrected chi connectivity index (χ3v) is 6.82. The Morgan fingerprint density at radius 1 is 0.791 bits per heavy atom. The normalized spacial score (nSPS) is 12.2. The van der Waals surface area contributed by atoms with Crippen molar-refractivity contribution >= 4 is 63.8 Å². The van der Waals surface area contributed by atoms with Crippen molar-refractivity contribution in [2.24, 2.45) is 0 Å². The number of pyridine rings is 2. The molecule has 5 N–H and O–H groups in total. The number of hydrogen-bond acceptors (Lipinski definition) is 8. The lowest BCUT2D eigenvalue weighted by molar-refractivity contribution is 0.0958. The first kappa shape index (κ1) is 30.9. The van der Waals surface area contributed by atoms with Crippen molar-refractivity contribution in [1.82, 2.24) is 20.6 Å². The van der Waals surface area contributed by atoms with Gasteiger partial charge in [-0.1, -0.05) is 59.1 Å². The number of benzene rings is 2. The topological polar surface area (TPSA) is 170 Å². The summed E-state index contributed by atoms with van der Waals surface area (Å²) in [5.41, 5.74) is 9.47. The SMILES string of the molecule is N#Cc1cc(F)c(Cl)nc1Cl.N#Cc1cc(F)c(Nc2cccc3c2C(=O)NC3)nc1Cl.Nc1cccc2c1C(=O)NC2. The van der Waals surface area contributed by atoms with Gasteiger partial charge in [0.2, 0.25) is 0 Å². The van der Waals surface area contributed by atoms with Crippen molar-refractivity contribution in [1.29, 1.82) is 10.5 Å². The van der Waals surface area contributed by atoms with Gasteiger partial charge in [-0.15, -0.1) is 0 Å². The van der Waals surface area contributed by atoms with Gasteiger partial charge in [0.1, 0.15) is 22.4 Å². The van der Waals surface area contributed by atoms with Crippen LogP contribution in [0.1, 0.15) is 43.0 Å². The van der Waals surface area contributed by atoms with Gasteiger partial charge >= 0.3 is 0 Å². The summed E-state index contributed by atoms with van der Waals surface area (Å²) in [6.45, 7) is 1.05. The highest BCUT2D eigenvalue weighted by Gasteiger charge is 2.23. The van der Waals surface area contributed by atoms with E-state index in [1.807, 2.05) is 18.2 Å². The van der Waals surface area contributed by atoms with Crippen molar-refractivity contribution in [3.05, 3.63) is 109 Å². The van der Waals surface area contributed by atoms with E-state index in [1.54, 1.807) is 30.3 Å². The predicted molar refractivity (Wildman–Crippen MR) is 156 cm³/mol. The third kappa shape index (κ3) is 6.90. The number of rotatable bonds is 2. The summed E-state index contributed by atoms with van der Waals surface area (Å²) in [6, 6.07) is 16.1. The van der Waals surface area contributed by atoms with Crippen LogP contribution in [-0.4, -0.2) is 21.8 Å². The average Bonchev–Trinajstić information content (AvgIpc) is 3.56. The number of nitrogens with zero attached hydrogens (tertiary/aromatic N) is 4. The van der Waals surface area contributed by atoms with Crippen LogP contribution in [-0.2, 0) is 13.1 Å². The van der Waals surface area contributed by atoms with Gasteiger partial charge < -0.3 is 21.7 Å². The lowest BCUT2D eigenvalue weighted by Gasteiger charge is -2.10. The summed E-state index contributed by atoms with van der Waals surface area (Å²) >= 11 is 16.5. The second-order valence-corrected chi connectivity index (χ2v) is 9.77. The number of carbonyl (C=O) groups excluding carboxylic acids is 2. The molecule has 0 fully saturated rings. The molecule has 2 aliphatic heterocycles. The Labute approximate surface area is 258 Å². The molecule has 0 saturated heterocycles. The first-order valence-corrected chi connectivity index (χ1v) is 13.2. The zero-order chi connectivity index (χ0) is 31.3. The zero-order valence-corrected chi connectivity index (χ0v) is 23.9.